The van der Waals surface area contributed by atoms with Crippen molar-refractivity contribution in [2.45, 2.75) is 0 Å². The lowest BCUT2D eigenvalue weighted by Gasteiger charge is -2.30. The molecule has 0 atom stereocenters. The molecule has 2 aromatic heterocycles. The second-order valence-corrected chi connectivity index (χ2v) is 9.13. The molecule has 0 aliphatic carbocycles. The summed E-state index contributed by atoms with van der Waals surface area (Å²) in [4.78, 5) is 19.5. The molecule has 9 nitrogen and oxygen atoms in total. The van der Waals surface area contributed by atoms with Gasteiger partial charge in [0.1, 0.15) is 22.3 Å². The SMILES string of the molecule is COc1cc(N2CCNCC2)ccc1Nc1nccc2c(Oc3ccc(Cl)c(Cl)c3Cl)n[nH]c(=O)c12. The molecule has 2 aromatic carbocycles. The van der Waals surface area contributed by atoms with Crippen LogP contribution in [0, 0.1) is 0 Å². The largest absolute Gasteiger partial charge is 0.494 e. The van der Waals surface area contributed by atoms with E-state index in [-0.39, 0.29) is 27.1 Å². The van der Waals surface area contributed by atoms with Gasteiger partial charge in [0.25, 0.3) is 5.56 Å². The molecule has 3 N–H and O–H groups in total. The first-order chi connectivity index (χ1) is 17.5. The summed E-state index contributed by atoms with van der Waals surface area (Å²) in [7, 11) is 1.60. The van der Waals surface area contributed by atoms with Gasteiger partial charge < -0.3 is 25.0 Å². The van der Waals surface area contributed by atoms with Gasteiger partial charge in [-0.3, -0.25) is 4.79 Å². The van der Waals surface area contributed by atoms with Crippen molar-refractivity contribution in [2.75, 3.05) is 43.5 Å². The molecule has 0 bridgehead atoms. The fraction of sp³-hybridized carbons (Fsp3) is 0.208. The van der Waals surface area contributed by atoms with E-state index in [4.69, 9.17) is 44.3 Å². The number of benzene rings is 2. The summed E-state index contributed by atoms with van der Waals surface area (Å²) in [6.45, 7) is 3.68. The summed E-state index contributed by atoms with van der Waals surface area (Å²) in [6, 6.07) is 10.6. The molecule has 5 rings (SSSR count). The number of hydrogen-bond donors (Lipinski definition) is 3. The van der Waals surface area contributed by atoms with Gasteiger partial charge in [-0.2, -0.15) is 0 Å². The molecule has 3 heterocycles. The van der Waals surface area contributed by atoms with Crippen LogP contribution in [0.15, 0.2) is 47.4 Å². The standard InChI is InChI=1S/C24H21Cl3N6O3/c1-35-18-12-13(33-10-8-28-9-11-33)2-4-16(18)30-22-19-14(6-7-29-22)24(32-31-23(19)34)36-17-5-3-15(25)20(26)21(17)27/h2-7,12,28H,8-11H2,1H3,(H,29,30)(H,31,34). The molecule has 4 aromatic rings. The number of aromatic amines is 1. The zero-order chi connectivity index (χ0) is 25.2. The summed E-state index contributed by atoms with van der Waals surface area (Å²) >= 11 is 18.4. The highest BCUT2D eigenvalue weighted by Gasteiger charge is 2.18. The van der Waals surface area contributed by atoms with E-state index < -0.39 is 5.56 Å². The first kappa shape index (κ1) is 24.5. The normalized spacial score (nSPS) is 13.6. The van der Waals surface area contributed by atoms with Gasteiger partial charge in [-0.25, -0.2) is 10.1 Å². The lowest BCUT2D eigenvalue weighted by molar-refractivity contribution is 0.416. The Bertz CT molecular complexity index is 1490. The number of methoxy groups -OCH3 is 1. The maximum Gasteiger partial charge on any atom is 0.276 e. The molecular weight excluding hydrogens is 527 g/mol. The number of H-pyrrole nitrogens is 1. The van der Waals surface area contributed by atoms with Crippen LogP contribution in [0.3, 0.4) is 0 Å². The molecular formula is C24H21Cl3N6O3. The molecule has 0 saturated carbocycles. The zero-order valence-electron chi connectivity index (χ0n) is 19.1. The minimum atomic E-state index is -0.440. The summed E-state index contributed by atoms with van der Waals surface area (Å²) in [5, 5.41) is 14.3. The Balaban J connectivity index is 1.51. The van der Waals surface area contributed by atoms with E-state index in [0.29, 0.717) is 27.7 Å². The van der Waals surface area contributed by atoms with Crippen molar-refractivity contribution in [3.63, 3.8) is 0 Å². The number of pyridine rings is 1. The van der Waals surface area contributed by atoms with Gasteiger partial charge in [0.15, 0.2) is 0 Å². The van der Waals surface area contributed by atoms with Crippen molar-refractivity contribution < 1.29 is 9.47 Å². The molecule has 1 fully saturated rings. The number of ether oxygens (including phenoxy) is 2. The van der Waals surface area contributed by atoms with E-state index in [1.54, 1.807) is 31.5 Å². The van der Waals surface area contributed by atoms with Gasteiger partial charge in [0.2, 0.25) is 5.88 Å². The fourth-order valence-electron chi connectivity index (χ4n) is 3.98. The first-order valence-corrected chi connectivity index (χ1v) is 12.2. The minimum Gasteiger partial charge on any atom is -0.494 e. The van der Waals surface area contributed by atoms with Crippen LogP contribution in [0.2, 0.25) is 15.1 Å². The summed E-state index contributed by atoms with van der Waals surface area (Å²) in [5.41, 5.74) is 1.27. The quantitative estimate of drug-likeness (QED) is 0.282. The van der Waals surface area contributed by atoms with Crippen molar-refractivity contribution in [1.29, 1.82) is 0 Å². The monoisotopic (exact) mass is 546 g/mol. The Labute approximate surface area is 221 Å². The highest BCUT2D eigenvalue weighted by molar-refractivity contribution is 6.48. The Kier molecular flexibility index (Phi) is 7.06. The van der Waals surface area contributed by atoms with Crippen LogP contribution in [-0.4, -0.2) is 48.5 Å². The predicted octanol–water partition coefficient (Wildman–Crippen LogP) is 5.23. The van der Waals surface area contributed by atoms with Crippen LogP contribution in [-0.2, 0) is 0 Å². The van der Waals surface area contributed by atoms with Gasteiger partial charge in [-0.1, -0.05) is 34.8 Å². The number of hydrogen-bond acceptors (Lipinski definition) is 8. The Morgan fingerprint density at radius 2 is 1.83 bits per heavy atom. The number of fused-ring (bicyclic) bond motifs is 1. The van der Waals surface area contributed by atoms with Crippen LogP contribution in [0.1, 0.15) is 0 Å². The van der Waals surface area contributed by atoms with E-state index in [2.05, 4.69) is 30.7 Å². The molecule has 0 amide bonds. The fourth-order valence-corrected chi connectivity index (χ4v) is 4.55. The summed E-state index contributed by atoms with van der Waals surface area (Å²) in [5.74, 6) is 1.30. The third-order valence-corrected chi connectivity index (χ3v) is 7.07. The number of nitrogens with one attached hydrogen (secondary N) is 3. The topological polar surface area (TPSA) is 104 Å². The smallest absolute Gasteiger partial charge is 0.276 e. The van der Waals surface area contributed by atoms with Gasteiger partial charge in [-0.05, 0) is 30.3 Å². The number of anilines is 3. The van der Waals surface area contributed by atoms with Gasteiger partial charge in [0, 0.05) is 44.1 Å². The van der Waals surface area contributed by atoms with E-state index in [1.807, 2.05) is 18.2 Å². The van der Waals surface area contributed by atoms with Crippen molar-refractivity contribution in [3.8, 4) is 17.4 Å². The number of rotatable bonds is 6. The highest BCUT2D eigenvalue weighted by Crippen LogP contribution is 2.40. The summed E-state index contributed by atoms with van der Waals surface area (Å²) < 4.78 is 11.5. The predicted molar refractivity (Wildman–Crippen MR) is 143 cm³/mol. The number of nitrogens with zero attached hydrogens (tertiary/aromatic N) is 3. The Morgan fingerprint density at radius 3 is 2.61 bits per heavy atom. The maximum atomic E-state index is 12.8. The van der Waals surface area contributed by atoms with Gasteiger partial charge >= 0.3 is 0 Å². The minimum absolute atomic E-state index is 0.122. The number of piperazine rings is 1. The van der Waals surface area contributed by atoms with E-state index in [9.17, 15) is 4.79 Å². The van der Waals surface area contributed by atoms with E-state index in [1.165, 1.54) is 0 Å². The van der Waals surface area contributed by atoms with Crippen molar-refractivity contribution >= 4 is 62.8 Å². The molecule has 0 spiro atoms. The van der Waals surface area contributed by atoms with Crippen LogP contribution in [0.25, 0.3) is 10.8 Å². The van der Waals surface area contributed by atoms with Crippen molar-refractivity contribution in [3.05, 3.63) is 68.0 Å². The third kappa shape index (κ3) is 4.75. The molecule has 186 valence electrons. The molecule has 0 unspecified atom stereocenters. The van der Waals surface area contributed by atoms with Crippen molar-refractivity contribution in [2.24, 2.45) is 0 Å². The van der Waals surface area contributed by atoms with Crippen LogP contribution in [0.5, 0.6) is 17.4 Å². The van der Waals surface area contributed by atoms with Crippen molar-refractivity contribution in [1.82, 2.24) is 20.5 Å². The molecule has 0 radical (unpaired) electrons. The van der Waals surface area contributed by atoms with E-state index >= 15 is 0 Å². The first-order valence-electron chi connectivity index (χ1n) is 11.1. The average molecular weight is 548 g/mol. The second-order valence-electron chi connectivity index (χ2n) is 7.96. The zero-order valence-corrected chi connectivity index (χ0v) is 21.3. The van der Waals surface area contributed by atoms with Crippen LogP contribution >= 0.6 is 34.8 Å². The highest BCUT2D eigenvalue weighted by atomic mass is 35.5. The van der Waals surface area contributed by atoms with E-state index in [0.717, 1.165) is 31.9 Å². The number of aromatic nitrogens is 3. The average Bonchev–Trinajstić information content (AvgIpc) is 2.91. The second kappa shape index (κ2) is 10.4. The van der Waals surface area contributed by atoms with Crippen LogP contribution < -0.4 is 30.6 Å². The molecule has 1 aliphatic heterocycles. The molecule has 36 heavy (non-hydrogen) atoms. The Hall–Kier alpha value is -3.24. The Morgan fingerprint density at radius 1 is 1.03 bits per heavy atom. The third-order valence-electron chi connectivity index (χ3n) is 5.79. The van der Waals surface area contributed by atoms with Gasteiger partial charge in [-0.15, -0.1) is 5.10 Å². The maximum absolute atomic E-state index is 12.8. The van der Waals surface area contributed by atoms with Gasteiger partial charge in [0.05, 0.1) is 33.6 Å². The molecule has 12 heteroatoms. The molecule has 1 saturated heterocycles. The molecule has 1 aliphatic rings. The lowest BCUT2D eigenvalue weighted by atomic mass is 10.2. The lowest BCUT2D eigenvalue weighted by Crippen LogP contribution is -2.43. The van der Waals surface area contributed by atoms with Crippen LogP contribution in [0.4, 0.5) is 17.2 Å². The summed E-state index contributed by atoms with van der Waals surface area (Å²) in [6.07, 6.45) is 1.55. The number of halogens is 3.